The molecule has 0 nitrogen and oxygen atoms in total. The van der Waals surface area contributed by atoms with Gasteiger partial charge in [0, 0.05) is 0 Å². The van der Waals surface area contributed by atoms with Crippen LogP contribution < -0.4 is 0 Å². The average molecular weight is 317 g/mol. The fourth-order valence-corrected chi connectivity index (χ4v) is 1.43. The van der Waals surface area contributed by atoms with Crippen molar-refractivity contribution >= 4 is 0 Å². The molecular formula is C23H40. The van der Waals surface area contributed by atoms with Gasteiger partial charge in [0.1, 0.15) is 0 Å². The second-order valence-corrected chi connectivity index (χ2v) is 4.56. The van der Waals surface area contributed by atoms with Gasteiger partial charge in [-0.3, -0.25) is 0 Å². The first-order valence-electron chi connectivity index (χ1n) is 9.36. The fraction of sp³-hybridized carbons (Fsp3) is 0.478. The Balaban J connectivity index is -0.000000339. The first-order valence-corrected chi connectivity index (χ1v) is 9.36. The van der Waals surface area contributed by atoms with E-state index in [1.54, 1.807) is 0 Å². The molecular weight excluding hydrogens is 276 g/mol. The standard InChI is InChI=1S/C13H12.2C3H8.2C2H6/c1-3-7-12(8-4-1)11-13-9-5-2-6-10-13;2*1-3-2;2*1-2/h1-10H,11H2;2*3H2,1-2H3;2*1-2H3. The van der Waals surface area contributed by atoms with Crippen LogP contribution in [0.5, 0.6) is 0 Å². The van der Waals surface area contributed by atoms with Crippen LogP contribution in [-0.2, 0) is 6.42 Å². The van der Waals surface area contributed by atoms with E-state index in [9.17, 15) is 0 Å². The maximum atomic E-state index is 2.16. The molecule has 132 valence electrons. The largest absolute Gasteiger partial charge is 0.0683 e. The zero-order valence-electron chi connectivity index (χ0n) is 16.9. The minimum atomic E-state index is 1.03. The highest BCUT2D eigenvalue weighted by atomic mass is 14.0. The first kappa shape index (κ1) is 26.3. The maximum Gasteiger partial charge on any atom is -0.00258 e. The van der Waals surface area contributed by atoms with Crippen molar-refractivity contribution in [3.63, 3.8) is 0 Å². The van der Waals surface area contributed by atoms with Gasteiger partial charge in [-0.2, -0.15) is 0 Å². The lowest BCUT2D eigenvalue weighted by atomic mass is 10.1. The van der Waals surface area contributed by atoms with Crippen LogP contribution in [0.3, 0.4) is 0 Å². The number of hydrogen-bond donors (Lipinski definition) is 0. The van der Waals surface area contributed by atoms with Crippen molar-refractivity contribution in [3.8, 4) is 0 Å². The van der Waals surface area contributed by atoms with E-state index in [0.29, 0.717) is 0 Å². The number of benzene rings is 2. The van der Waals surface area contributed by atoms with Gasteiger partial charge in [-0.25, -0.2) is 0 Å². The monoisotopic (exact) mass is 316 g/mol. The summed E-state index contributed by atoms with van der Waals surface area (Å²) in [7, 11) is 0. The Morgan fingerprint density at radius 3 is 0.913 bits per heavy atom. The molecule has 0 radical (unpaired) electrons. The zero-order valence-corrected chi connectivity index (χ0v) is 16.9. The van der Waals surface area contributed by atoms with E-state index in [4.69, 9.17) is 0 Å². The SMILES string of the molecule is CC.CC.CCC.CCC.c1ccc(Cc2ccccc2)cc1. The molecule has 23 heavy (non-hydrogen) atoms. The predicted molar refractivity (Wildman–Crippen MR) is 110 cm³/mol. The summed E-state index contributed by atoms with van der Waals surface area (Å²) in [6.45, 7) is 16.5. The number of rotatable bonds is 2. The number of hydrogen-bond acceptors (Lipinski definition) is 0. The summed E-state index contributed by atoms with van der Waals surface area (Å²) >= 11 is 0. The van der Waals surface area contributed by atoms with Crippen LogP contribution in [0.1, 0.15) is 79.4 Å². The molecule has 2 aromatic carbocycles. The van der Waals surface area contributed by atoms with Crippen LogP contribution in [0.15, 0.2) is 60.7 Å². The Labute approximate surface area is 147 Å². The highest BCUT2D eigenvalue weighted by Crippen LogP contribution is 2.07. The Bertz CT molecular complexity index is 336. The van der Waals surface area contributed by atoms with Gasteiger partial charge in [0.15, 0.2) is 0 Å². The van der Waals surface area contributed by atoms with Crippen LogP contribution in [0, 0.1) is 0 Å². The van der Waals surface area contributed by atoms with Gasteiger partial charge >= 0.3 is 0 Å². The third-order valence-electron chi connectivity index (χ3n) is 2.09. The van der Waals surface area contributed by atoms with Gasteiger partial charge in [0.05, 0.1) is 0 Å². The van der Waals surface area contributed by atoms with Gasteiger partial charge in [-0.1, -0.05) is 129 Å². The molecule has 0 fully saturated rings. The van der Waals surface area contributed by atoms with E-state index < -0.39 is 0 Å². The third kappa shape index (κ3) is 20.4. The lowest BCUT2D eigenvalue weighted by Gasteiger charge is -2.00. The molecule has 0 aromatic heterocycles. The predicted octanol–water partition coefficient (Wildman–Crippen LogP) is 8.16. The van der Waals surface area contributed by atoms with Crippen molar-refractivity contribution in [1.29, 1.82) is 0 Å². The van der Waals surface area contributed by atoms with Crippen molar-refractivity contribution in [2.45, 2.75) is 74.7 Å². The maximum absolute atomic E-state index is 2.16. The summed E-state index contributed by atoms with van der Waals surface area (Å²) in [5.74, 6) is 0. The summed E-state index contributed by atoms with van der Waals surface area (Å²) in [5, 5.41) is 0. The van der Waals surface area contributed by atoms with Crippen molar-refractivity contribution in [2.75, 3.05) is 0 Å². The Hall–Kier alpha value is -1.56. The van der Waals surface area contributed by atoms with E-state index >= 15 is 0 Å². The molecule has 2 rings (SSSR count). The van der Waals surface area contributed by atoms with Crippen LogP contribution >= 0.6 is 0 Å². The van der Waals surface area contributed by atoms with E-state index in [0.717, 1.165) is 6.42 Å². The minimum absolute atomic E-state index is 1.03. The van der Waals surface area contributed by atoms with Crippen LogP contribution in [0.4, 0.5) is 0 Å². The summed E-state index contributed by atoms with van der Waals surface area (Å²) in [6.07, 6.45) is 3.53. The zero-order chi connectivity index (χ0) is 18.3. The highest BCUT2D eigenvalue weighted by molar-refractivity contribution is 5.25. The van der Waals surface area contributed by atoms with Crippen LogP contribution in [0.2, 0.25) is 0 Å². The molecule has 2 aromatic rings. The van der Waals surface area contributed by atoms with Crippen LogP contribution in [-0.4, -0.2) is 0 Å². The third-order valence-corrected chi connectivity index (χ3v) is 2.09. The molecule has 0 aliphatic rings. The first-order chi connectivity index (χ1) is 11.3. The molecule has 0 bridgehead atoms. The molecule has 0 N–H and O–H groups in total. The van der Waals surface area contributed by atoms with Crippen molar-refractivity contribution in [1.82, 2.24) is 0 Å². The van der Waals surface area contributed by atoms with Crippen molar-refractivity contribution in [3.05, 3.63) is 71.8 Å². The van der Waals surface area contributed by atoms with E-state index in [1.165, 1.54) is 24.0 Å². The van der Waals surface area contributed by atoms with Gasteiger partial charge in [0.25, 0.3) is 0 Å². The Kier molecular flexibility index (Phi) is 29.1. The van der Waals surface area contributed by atoms with Gasteiger partial charge in [-0.15, -0.1) is 0 Å². The lowest BCUT2D eigenvalue weighted by Crippen LogP contribution is -1.85. The fourth-order valence-electron chi connectivity index (χ4n) is 1.43. The normalized spacial score (nSPS) is 7.65. The van der Waals surface area contributed by atoms with E-state index in [-0.39, 0.29) is 0 Å². The highest BCUT2D eigenvalue weighted by Gasteiger charge is 1.92. The second-order valence-electron chi connectivity index (χ2n) is 4.56. The smallest absolute Gasteiger partial charge is 0.00258 e. The molecule has 0 aliphatic heterocycles. The van der Waals surface area contributed by atoms with Gasteiger partial charge in [0.2, 0.25) is 0 Å². The Morgan fingerprint density at radius 1 is 0.478 bits per heavy atom. The average Bonchev–Trinajstić information content (AvgIpc) is 2.62. The molecule has 0 saturated heterocycles. The van der Waals surface area contributed by atoms with Gasteiger partial charge in [-0.05, 0) is 17.5 Å². The summed E-state index contributed by atoms with van der Waals surface area (Å²) in [5.41, 5.74) is 2.74. The summed E-state index contributed by atoms with van der Waals surface area (Å²) < 4.78 is 0. The molecule has 0 heterocycles. The molecule has 0 heteroatoms. The van der Waals surface area contributed by atoms with Crippen molar-refractivity contribution < 1.29 is 0 Å². The van der Waals surface area contributed by atoms with Crippen molar-refractivity contribution in [2.24, 2.45) is 0 Å². The minimum Gasteiger partial charge on any atom is -0.0683 e. The lowest BCUT2D eigenvalue weighted by molar-refractivity contribution is 1.09. The molecule has 0 amide bonds. The van der Waals surface area contributed by atoms with Crippen LogP contribution in [0.25, 0.3) is 0 Å². The Morgan fingerprint density at radius 2 is 0.696 bits per heavy atom. The molecule has 0 unspecified atom stereocenters. The molecule has 0 saturated carbocycles. The topological polar surface area (TPSA) is 0 Å². The molecule has 0 spiro atoms. The second kappa shape index (κ2) is 25.4. The van der Waals surface area contributed by atoms with Gasteiger partial charge < -0.3 is 0 Å². The molecule has 0 aliphatic carbocycles. The molecule has 0 atom stereocenters. The van der Waals surface area contributed by atoms with E-state index in [1.807, 2.05) is 27.7 Å². The summed E-state index contributed by atoms with van der Waals surface area (Å²) in [4.78, 5) is 0. The van der Waals surface area contributed by atoms with E-state index in [2.05, 4.69) is 88.4 Å². The quantitative estimate of drug-likeness (QED) is 0.524. The summed E-state index contributed by atoms with van der Waals surface area (Å²) in [6, 6.07) is 21.1.